The molecule has 1 aliphatic heterocycles. The quantitative estimate of drug-likeness (QED) is 0.771. The van der Waals surface area contributed by atoms with Crippen molar-refractivity contribution < 1.29 is 26.4 Å². The Labute approximate surface area is 146 Å². The molecule has 0 aromatic carbocycles. The van der Waals surface area contributed by atoms with Crippen LogP contribution in [0.15, 0.2) is 5.16 Å². The van der Waals surface area contributed by atoms with Gasteiger partial charge < -0.3 is 4.84 Å². The fraction of sp³-hybridized carbons (Fsp3) is 0.667. The highest BCUT2D eigenvalue weighted by Gasteiger charge is 2.47. The van der Waals surface area contributed by atoms with E-state index in [4.69, 9.17) is 28.0 Å². The predicted octanol–water partition coefficient (Wildman–Crippen LogP) is 3.68. The summed E-state index contributed by atoms with van der Waals surface area (Å²) >= 11 is 11.5. The summed E-state index contributed by atoms with van der Waals surface area (Å²) in [6, 6.07) is 0. The van der Waals surface area contributed by atoms with Crippen LogP contribution in [0.1, 0.15) is 43.2 Å². The zero-order valence-corrected chi connectivity index (χ0v) is 14.9. The van der Waals surface area contributed by atoms with Crippen LogP contribution in [0.3, 0.4) is 0 Å². The molecule has 2 heterocycles. The second-order valence-corrected chi connectivity index (χ2v) is 8.35. The van der Waals surface area contributed by atoms with Gasteiger partial charge in [0.25, 0.3) is 0 Å². The summed E-state index contributed by atoms with van der Waals surface area (Å²) in [5.74, 6) is -0.0213. The minimum Gasteiger partial charge on any atom is -0.387 e. The van der Waals surface area contributed by atoms with Crippen LogP contribution in [-0.4, -0.2) is 35.1 Å². The van der Waals surface area contributed by atoms with Crippen LogP contribution in [0.5, 0.6) is 0 Å². The van der Waals surface area contributed by atoms with Crippen molar-refractivity contribution in [3.63, 3.8) is 0 Å². The maximum atomic E-state index is 13.1. The molecule has 0 fully saturated rings. The van der Waals surface area contributed by atoms with E-state index in [-0.39, 0.29) is 23.8 Å². The smallest absolute Gasteiger partial charge is 0.387 e. The molecule has 0 bridgehead atoms. The Kier molecular flexibility index (Phi) is 5.14. The highest BCUT2D eigenvalue weighted by Crippen LogP contribution is 2.42. The van der Waals surface area contributed by atoms with Gasteiger partial charge in [-0.05, 0) is 13.3 Å². The molecular weight excluding hydrogens is 394 g/mol. The van der Waals surface area contributed by atoms with Crippen LogP contribution in [0.2, 0.25) is 5.15 Å². The van der Waals surface area contributed by atoms with Crippen LogP contribution in [0, 0.1) is 0 Å². The van der Waals surface area contributed by atoms with Crippen LogP contribution in [-0.2, 0) is 20.9 Å². The Morgan fingerprint density at radius 2 is 2.08 bits per heavy atom. The van der Waals surface area contributed by atoms with Crippen molar-refractivity contribution in [3.8, 4) is 0 Å². The van der Waals surface area contributed by atoms with E-state index in [2.05, 4.69) is 10.3 Å². The number of nitrogens with one attached hydrogen (secondary N) is 1. The lowest BCUT2D eigenvalue weighted by Gasteiger charge is -2.19. The largest absolute Gasteiger partial charge is 0.435 e. The molecule has 1 aliphatic rings. The van der Waals surface area contributed by atoms with Crippen molar-refractivity contribution in [1.29, 1.82) is 0 Å². The molecule has 6 nitrogen and oxygen atoms in total. The van der Waals surface area contributed by atoms with Gasteiger partial charge in [-0.2, -0.15) is 18.3 Å². The summed E-state index contributed by atoms with van der Waals surface area (Å²) in [7, 11) is -4.24. The van der Waals surface area contributed by atoms with E-state index < -0.39 is 43.3 Å². The Morgan fingerprint density at radius 3 is 2.54 bits per heavy atom. The Bertz CT molecular complexity index is 763. The summed E-state index contributed by atoms with van der Waals surface area (Å²) in [6.45, 7) is 2.99. The summed E-state index contributed by atoms with van der Waals surface area (Å²) in [4.78, 5) is 5.03. The van der Waals surface area contributed by atoms with Crippen molar-refractivity contribution in [2.24, 2.45) is 5.16 Å². The third kappa shape index (κ3) is 3.36. The van der Waals surface area contributed by atoms with E-state index in [1.54, 1.807) is 6.92 Å². The zero-order chi connectivity index (χ0) is 18.3. The van der Waals surface area contributed by atoms with E-state index in [9.17, 15) is 21.6 Å². The lowest BCUT2D eigenvalue weighted by Crippen LogP contribution is -2.30. The van der Waals surface area contributed by atoms with Crippen molar-refractivity contribution >= 4 is 38.1 Å². The predicted molar refractivity (Wildman–Crippen MR) is 82.8 cm³/mol. The molecule has 0 radical (unpaired) electrons. The fourth-order valence-electron chi connectivity index (χ4n) is 2.35. The van der Waals surface area contributed by atoms with Crippen molar-refractivity contribution in [2.45, 2.75) is 43.7 Å². The number of hydrogen-bond acceptors (Lipinski definition) is 5. The van der Waals surface area contributed by atoms with Crippen LogP contribution in [0.25, 0.3) is 0 Å². The maximum absolute atomic E-state index is 13.1. The third-order valence-electron chi connectivity index (χ3n) is 3.60. The van der Waals surface area contributed by atoms with Gasteiger partial charge in [0, 0.05) is 12.0 Å². The molecule has 1 N–H and O–H groups in total. The summed E-state index contributed by atoms with van der Waals surface area (Å²) in [6.07, 6.45) is -5.13. The number of nitrogens with zero attached hydrogens (tertiary/aromatic N) is 2. The average Bonchev–Trinajstić information content (AvgIpc) is 3.05. The molecule has 2 rings (SSSR count). The monoisotopic (exact) mass is 407 g/mol. The number of rotatable bonds is 4. The van der Waals surface area contributed by atoms with Gasteiger partial charge in [-0.15, -0.1) is 11.6 Å². The van der Waals surface area contributed by atoms with E-state index in [0.717, 1.165) is 0 Å². The number of oxime groups is 1. The molecule has 0 spiro atoms. The number of sulfone groups is 1. The van der Waals surface area contributed by atoms with E-state index in [0.29, 0.717) is 0 Å². The fourth-order valence-corrected chi connectivity index (χ4v) is 4.78. The molecular formula is C12H14Cl2F3N3O3S. The Morgan fingerprint density at radius 1 is 1.46 bits per heavy atom. The van der Waals surface area contributed by atoms with Crippen molar-refractivity contribution in [2.75, 3.05) is 5.88 Å². The normalized spacial score (nSPS) is 23.0. The third-order valence-corrected chi connectivity index (χ3v) is 6.64. The van der Waals surface area contributed by atoms with Crippen molar-refractivity contribution in [1.82, 2.24) is 10.2 Å². The second-order valence-electron chi connectivity index (χ2n) is 5.58. The molecule has 12 heteroatoms. The number of hydrogen-bond donors (Lipinski definition) is 1. The van der Waals surface area contributed by atoms with E-state index >= 15 is 0 Å². The zero-order valence-electron chi connectivity index (χ0n) is 12.6. The van der Waals surface area contributed by atoms with Crippen LogP contribution >= 0.6 is 23.2 Å². The van der Waals surface area contributed by atoms with Gasteiger partial charge >= 0.3 is 6.18 Å². The highest BCUT2D eigenvalue weighted by molar-refractivity contribution is 8.06. The lowest BCUT2D eigenvalue weighted by atomic mass is 10.1. The van der Waals surface area contributed by atoms with Gasteiger partial charge in [0.05, 0.1) is 11.1 Å². The SMILES string of the molecule is CCC(c1c(C(F)(F)F)n[nH]c1Cl)S(=O)(=O)C1=NOC(C)(CCl)C1. The van der Waals surface area contributed by atoms with Gasteiger partial charge in [-0.3, -0.25) is 5.10 Å². The molecule has 1 aromatic heterocycles. The summed E-state index contributed by atoms with van der Waals surface area (Å²) in [5.41, 5.74) is -2.99. The Hall–Kier alpha value is -1.00. The first-order chi connectivity index (χ1) is 11.0. The summed E-state index contributed by atoms with van der Waals surface area (Å²) in [5, 5.41) is 6.22. The molecule has 2 unspecified atom stereocenters. The summed E-state index contributed by atoms with van der Waals surface area (Å²) < 4.78 is 64.8. The molecule has 0 aliphatic carbocycles. The van der Waals surface area contributed by atoms with Crippen LogP contribution in [0.4, 0.5) is 13.2 Å². The molecule has 0 saturated heterocycles. The van der Waals surface area contributed by atoms with Gasteiger partial charge in [0.1, 0.15) is 5.15 Å². The molecule has 24 heavy (non-hydrogen) atoms. The standard InChI is InChI=1S/C12H14Cl2F3N3O3S/c1-3-6(8-9(12(15,16)17)18-19-10(8)14)24(21,22)7-4-11(2,5-13)23-20-7/h6H,3-5H2,1-2H3,(H,18,19). The first-order valence-corrected chi connectivity index (χ1v) is 9.28. The van der Waals surface area contributed by atoms with Crippen molar-refractivity contribution in [3.05, 3.63) is 16.4 Å². The Balaban J connectivity index is 2.49. The number of alkyl halides is 4. The first kappa shape index (κ1) is 19.3. The van der Waals surface area contributed by atoms with Gasteiger partial charge in [0.15, 0.2) is 16.3 Å². The lowest BCUT2D eigenvalue weighted by molar-refractivity contribution is -0.141. The highest BCUT2D eigenvalue weighted by atomic mass is 35.5. The van der Waals surface area contributed by atoms with E-state index in [1.807, 2.05) is 5.10 Å². The number of aromatic amines is 1. The first-order valence-electron chi connectivity index (χ1n) is 6.82. The van der Waals surface area contributed by atoms with E-state index in [1.165, 1.54) is 6.92 Å². The van der Waals surface area contributed by atoms with Gasteiger partial charge in [-0.1, -0.05) is 23.7 Å². The molecule has 1 aromatic rings. The minimum atomic E-state index is -4.85. The van der Waals surface area contributed by atoms with Gasteiger partial charge in [0.2, 0.25) is 9.84 Å². The maximum Gasteiger partial charge on any atom is 0.435 e. The second kappa shape index (κ2) is 6.38. The number of halogens is 5. The minimum absolute atomic E-state index is 0.0213. The van der Waals surface area contributed by atoms with Gasteiger partial charge in [-0.25, -0.2) is 8.42 Å². The number of aromatic nitrogens is 2. The average molecular weight is 408 g/mol. The molecule has 0 saturated carbocycles. The topological polar surface area (TPSA) is 84.4 Å². The molecule has 0 amide bonds. The molecule has 2 atom stereocenters. The van der Waals surface area contributed by atoms with Crippen LogP contribution < -0.4 is 0 Å². The molecule has 136 valence electrons. The number of H-pyrrole nitrogens is 1.